The SMILES string of the molecule is CC(C)(C)OC(=O)N1CCN(CCNC(=O)C2=CC=C(Br)C2)CC1. The highest BCUT2D eigenvalue weighted by atomic mass is 79.9. The molecule has 0 unspecified atom stereocenters. The van der Waals surface area contributed by atoms with Gasteiger partial charge in [0.1, 0.15) is 5.60 Å². The molecule has 2 amide bonds. The molecule has 0 aromatic rings. The molecule has 7 heteroatoms. The van der Waals surface area contributed by atoms with Crippen molar-refractivity contribution in [2.24, 2.45) is 0 Å². The molecule has 1 heterocycles. The van der Waals surface area contributed by atoms with Crippen LogP contribution in [0.4, 0.5) is 4.79 Å². The summed E-state index contributed by atoms with van der Waals surface area (Å²) < 4.78 is 6.42. The predicted octanol–water partition coefficient (Wildman–Crippen LogP) is 2.26. The van der Waals surface area contributed by atoms with E-state index in [1.807, 2.05) is 32.9 Å². The van der Waals surface area contributed by atoms with Crippen molar-refractivity contribution in [3.8, 4) is 0 Å². The number of halogens is 1. The average molecular weight is 400 g/mol. The van der Waals surface area contributed by atoms with Gasteiger partial charge in [0.05, 0.1) is 0 Å². The molecule has 0 bridgehead atoms. The number of nitrogens with one attached hydrogen (secondary N) is 1. The molecule has 1 N–H and O–H groups in total. The Morgan fingerprint density at radius 3 is 2.42 bits per heavy atom. The minimum Gasteiger partial charge on any atom is -0.444 e. The van der Waals surface area contributed by atoms with Gasteiger partial charge >= 0.3 is 6.09 Å². The lowest BCUT2D eigenvalue weighted by molar-refractivity contribution is -0.117. The number of hydrogen-bond acceptors (Lipinski definition) is 4. The maximum atomic E-state index is 12.0. The first-order valence-electron chi connectivity index (χ1n) is 8.28. The number of ether oxygens (including phenoxy) is 1. The van der Waals surface area contributed by atoms with E-state index in [0.29, 0.717) is 26.1 Å². The van der Waals surface area contributed by atoms with Crippen LogP contribution in [0.2, 0.25) is 0 Å². The molecule has 0 atom stereocenters. The van der Waals surface area contributed by atoms with Crippen LogP contribution in [-0.4, -0.2) is 66.7 Å². The van der Waals surface area contributed by atoms with E-state index >= 15 is 0 Å². The Kier molecular flexibility index (Phi) is 6.46. The summed E-state index contributed by atoms with van der Waals surface area (Å²) in [5, 5.41) is 2.95. The Balaban J connectivity index is 1.63. The topological polar surface area (TPSA) is 61.9 Å². The summed E-state index contributed by atoms with van der Waals surface area (Å²) in [6.45, 7) is 9.93. The van der Waals surface area contributed by atoms with E-state index in [2.05, 4.69) is 26.1 Å². The van der Waals surface area contributed by atoms with Crippen molar-refractivity contribution < 1.29 is 14.3 Å². The van der Waals surface area contributed by atoms with Crippen LogP contribution in [0.3, 0.4) is 0 Å². The number of allylic oxidation sites excluding steroid dienone is 3. The maximum absolute atomic E-state index is 12.0. The Bertz CT molecular complexity index is 544. The molecule has 0 saturated carbocycles. The van der Waals surface area contributed by atoms with Crippen LogP contribution in [0.5, 0.6) is 0 Å². The highest BCUT2D eigenvalue weighted by Crippen LogP contribution is 2.23. The van der Waals surface area contributed by atoms with Gasteiger partial charge in [0.15, 0.2) is 0 Å². The van der Waals surface area contributed by atoms with Crippen molar-refractivity contribution in [2.45, 2.75) is 32.8 Å². The van der Waals surface area contributed by atoms with Gasteiger partial charge < -0.3 is 15.0 Å². The molecule has 0 radical (unpaired) electrons. The van der Waals surface area contributed by atoms with Crippen LogP contribution in [0.15, 0.2) is 22.2 Å². The van der Waals surface area contributed by atoms with Gasteiger partial charge in [-0.1, -0.05) is 28.1 Å². The lowest BCUT2D eigenvalue weighted by Crippen LogP contribution is -2.51. The van der Waals surface area contributed by atoms with Crippen molar-refractivity contribution in [1.29, 1.82) is 0 Å². The van der Waals surface area contributed by atoms with Gasteiger partial charge in [0, 0.05) is 51.3 Å². The minimum absolute atomic E-state index is 0.00640. The standard InChI is InChI=1S/C17H26BrN3O3/c1-17(2,3)24-16(23)21-10-8-20(9-11-21)7-6-19-15(22)13-4-5-14(18)12-13/h4-5H,6-12H2,1-3H3,(H,19,22). The zero-order valence-corrected chi connectivity index (χ0v) is 16.2. The fourth-order valence-corrected chi connectivity index (χ4v) is 3.00. The van der Waals surface area contributed by atoms with Crippen LogP contribution < -0.4 is 5.32 Å². The summed E-state index contributed by atoms with van der Waals surface area (Å²) in [6.07, 6.45) is 4.17. The van der Waals surface area contributed by atoms with E-state index in [1.54, 1.807) is 4.90 Å². The summed E-state index contributed by atoms with van der Waals surface area (Å²) in [6, 6.07) is 0. The van der Waals surface area contributed by atoms with E-state index in [1.165, 1.54) is 0 Å². The molecule has 2 rings (SSSR count). The van der Waals surface area contributed by atoms with Crippen LogP contribution in [0.1, 0.15) is 27.2 Å². The van der Waals surface area contributed by atoms with Crippen molar-refractivity contribution in [3.05, 3.63) is 22.2 Å². The maximum Gasteiger partial charge on any atom is 0.410 e. The molecular formula is C17H26BrN3O3. The molecule has 0 aromatic carbocycles. The van der Waals surface area contributed by atoms with E-state index in [9.17, 15) is 9.59 Å². The van der Waals surface area contributed by atoms with E-state index in [0.717, 1.165) is 29.7 Å². The zero-order valence-electron chi connectivity index (χ0n) is 14.6. The molecule has 6 nitrogen and oxygen atoms in total. The molecule has 1 fully saturated rings. The van der Waals surface area contributed by atoms with Crippen LogP contribution in [0.25, 0.3) is 0 Å². The van der Waals surface area contributed by atoms with Gasteiger partial charge in [-0.15, -0.1) is 0 Å². The molecule has 1 aliphatic carbocycles. The molecule has 0 aromatic heterocycles. The van der Waals surface area contributed by atoms with Crippen molar-refractivity contribution in [1.82, 2.24) is 15.1 Å². The largest absolute Gasteiger partial charge is 0.444 e. The second-order valence-electron chi connectivity index (χ2n) is 7.05. The lowest BCUT2D eigenvalue weighted by atomic mass is 10.2. The summed E-state index contributed by atoms with van der Waals surface area (Å²) in [5.41, 5.74) is 0.327. The first-order chi connectivity index (χ1) is 11.2. The number of nitrogens with zero attached hydrogens (tertiary/aromatic N) is 2. The number of amides is 2. The van der Waals surface area contributed by atoms with Gasteiger partial charge in [0.25, 0.3) is 0 Å². The van der Waals surface area contributed by atoms with E-state index < -0.39 is 5.60 Å². The molecule has 1 saturated heterocycles. The van der Waals surface area contributed by atoms with E-state index in [4.69, 9.17) is 4.74 Å². The van der Waals surface area contributed by atoms with Crippen LogP contribution in [-0.2, 0) is 9.53 Å². The minimum atomic E-state index is -0.461. The van der Waals surface area contributed by atoms with Gasteiger partial charge in [-0.05, 0) is 25.3 Å². The predicted molar refractivity (Wildman–Crippen MR) is 97.0 cm³/mol. The van der Waals surface area contributed by atoms with Gasteiger partial charge in [-0.2, -0.15) is 0 Å². The van der Waals surface area contributed by atoms with Gasteiger partial charge in [0.2, 0.25) is 5.91 Å². The smallest absolute Gasteiger partial charge is 0.410 e. The molecule has 1 aliphatic heterocycles. The van der Waals surface area contributed by atoms with Crippen LogP contribution in [0, 0.1) is 0 Å². The second-order valence-corrected chi connectivity index (χ2v) is 8.07. The fraction of sp³-hybridized carbons (Fsp3) is 0.647. The third kappa shape index (κ3) is 5.94. The quantitative estimate of drug-likeness (QED) is 0.787. The highest BCUT2D eigenvalue weighted by molar-refractivity contribution is 9.11. The molecule has 2 aliphatic rings. The number of hydrogen-bond donors (Lipinski definition) is 1. The number of rotatable bonds is 4. The third-order valence-electron chi connectivity index (χ3n) is 3.85. The first-order valence-corrected chi connectivity index (χ1v) is 9.07. The normalized spacial score (nSPS) is 18.9. The number of carbonyl (C=O) groups is 2. The van der Waals surface area contributed by atoms with E-state index in [-0.39, 0.29) is 12.0 Å². The van der Waals surface area contributed by atoms with Crippen molar-refractivity contribution in [2.75, 3.05) is 39.3 Å². The Labute approximate surface area is 152 Å². The number of carbonyl (C=O) groups excluding carboxylic acids is 2. The lowest BCUT2D eigenvalue weighted by Gasteiger charge is -2.35. The van der Waals surface area contributed by atoms with Crippen LogP contribution >= 0.6 is 15.9 Å². The monoisotopic (exact) mass is 399 g/mol. The summed E-state index contributed by atoms with van der Waals surface area (Å²) >= 11 is 3.39. The third-order valence-corrected chi connectivity index (χ3v) is 4.40. The molecular weight excluding hydrogens is 374 g/mol. The molecule has 24 heavy (non-hydrogen) atoms. The fourth-order valence-electron chi connectivity index (χ4n) is 2.57. The van der Waals surface area contributed by atoms with Crippen molar-refractivity contribution in [3.63, 3.8) is 0 Å². The zero-order chi connectivity index (χ0) is 17.7. The Morgan fingerprint density at radius 2 is 1.88 bits per heavy atom. The first kappa shape index (κ1) is 19.0. The summed E-state index contributed by atoms with van der Waals surface area (Å²) in [7, 11) is 0. The molecule has 0 spiro atoms. The average Bonchev–Trinajstić information content (AvgIpc) is 2.93. The second kappa shape index (κ2) is 8.16. The Hall–Kier alpha value is -1.34. The number of piperazine rings is 1. The van der Waals surface area contributed by atoms with Crippen molar-refractivity contribution >= 4 is 27.9 Å². The summed E-state index contributed by atoms with van der Waals surface area (Å²) in [5.74, 6) is -0.00640. The summed E-state index contributed by atoms with van der Waals surface area (Å²) in [4.78, 5) is 28.0. The Morgan fingerprint density at radius 1 is 1.21 bits per heavy atom. The van der Waals surface area contributed by atoms with Gasteiger partial charge in [-0.3, -0.25) is 9.69 Å². The molecule has 134 valence electrons. The highest BCUT2D eigenvalue weighted by Gasteiger charge is 2.25. The van der Waals surface area contributed by atoms with Gasteiger partial charge in [-0.25, -0.2) is 4.79 Å².